The summed E-state index contributed by atoms with van der Waals surface area (Å²) in [5.74, 6) is 0.785. The molecule has 1 atom stereocenters. The lowest BCUT2D eigenvalue weighted by Gasteiger charge is -2.22. The van der Waals surface area contributed by atoms with Crippen molar-refractivity contribution in [2.24, 2.45) is 5.73 Å². The van der Waals surface area contributed by atoms with Gasteiger partial charge in [0.25, 0.3) is 0 Å². The number of aromatic nitrogens is 4. The molecule has 0 spiro atoms. The SMILES string of the molecule is CN(CCNc1ncnc2cc(Cl)ccc12)CC(N)c1ncnc2cc(Cl)ccc12. The van der Waals surface area contributed by atoms with Crippen LogP contribution in [0.15, 0.2) is 49.1 Å². The molecule has 0 bridgehead atoms. The number of nitrogens with one attached hydrogen (secondary N) is 1. The number of benzene rings is 2. The highest BCUT2D eigenvalue weighted by atomic mass is 35.5. The molecule has 9 heteroatoms. The van der Waals surface area contributed by atoms with Gasteiger partial charge in [0.2, 0.25) is 0 Å². The minimum atomic E-state index is -0.247. The molecule has 0 radical (unpaired) electrons. The quantitative estimate of drug-likeness (QED) is 0.448. The zero-order valence-corrected chi connectivity index (χ0v) is 17.9. The first-order valence-corrected chi connectivity index (χ1v) is 10.3. The number of halogens is 2. The summed E-state index contributed by atoms with van der Waals surface area (Å²) in [5.41, 5.74) is 8.87. The van der Waals surface area contributed by atoms with Gasteiger partial charge in [0.1, 0.15) is 18.5 Å². The topological polar surface area (TPSA) is 92.8 Å². The molecule has 0 aliphatic carbocycles. The zero-order valence-electron chi connectivity index (χ0n) is 16.4. The van der Waals surface area contributed by atoms with E-state index in [9.17, 15) is 0 Å². The Labute approximate surface area is 184 Å². The average Bonchev–Trinajstić information content (AvgIpc) is 2.72. The number of nitrogens with zero attached hydrogens (tertiary/aromatic N) is 5. The minimum absolute atomic E-state index is 0.247. The van der Waals surface area contributed by atoms with Crippen molar-refractivity contribution in [3.8, 4) is 0 Å². The van der Waals surface area contributed by atoms with Gasteiger partial charge in [0, 0.05) is 40.5 Å². The smallest absolute Gasteiger partial charge is 0.137 e. The molecule has 2 aromatic carbocycles. The third-order valence-electron chi connectivity index (χ3n) is 4.87. The number of hydrogen-bond acceptors (Lipinski definition) is 7. The Bertz CT molecular complexity index is 1180. The molecule has 4 aromatic rings. The highest BCUT2D eigenvalue weighted by Crippen LogP contribution is 2.24. The van der Waals surface area contributed by atoms with Crippen molar-refractivity contribution < 1.29 is 0 Å². The van der Waals surface area contributed by atoms with Crippen LogP contribution in [0.1, 0.15) is 11.7 Å². The van der Waals surface area contributed by atoms with E-state index in [0.717, 1.165) is 39.9 Å². The van der Waals surface area contributed by atoms with E-state index < -0.39 is 0 Å². The van der Waals surface area contributed by atoms with Gasteiger partial charge in [-0.15, -0.1) is 0 Å². The second kappa shape index (κ2) is 9.06. The third-order valence-corrected chi connectivity index (χ3v) is 5.34. The van der Waals surface area contributed by atoms with Gasteiger partial charge in [-0.25, -0.2) is 19.9 Å². The summed E-state index contributed by atoms with van der Waals surface area (Å²) in [5, 5.41) is 6.53. The van der Waals surface area contributed by atoms with Crippen LogP contribution in [0.4, 0.5) is 5.82 Å². The Morgan fingerprint density at radius 2 is 1.57 bits per heavy atom. The number of rotatable bonds is 7. The van der Waals surface area contributed by atoms with Crippen molar-refractivity contribution in [2.45, 2.75) is 6.04 Å². The second-order valence-corrected chi connectivity index (χ2v) is 7.97. The molecule has 0 aliphatic rings. The molecular weight excluding hydrogens is 421 g/mol. The van der Waals surface area contributed by atoms with Gasteiger partial charge >= 0.3 is 0 Å². The molecule has 2 aromatic heterocycles. The van der Waals surface area contributed by atoms with Gasteiger partial charge in [-0.3, -0.25) is 0 Å². The van der Waals surface area contributed by atoms with E-state index in [-0.39, 0.29) is 6.04 Å². The van der Waals surface area contributed by atoms with Crippen LogP contribution in [-0.2, 0) is 0 Å². The molecule has 0 fully saturated rings. The first-order chi connectivity index (χ1) is 14.5. The van der Waals surface area contributed by atoms with Crippen LogP contribution in [0.3, 0.4) is 0 Å². The normalized spacial score (nSPS) is 12.6. The van der Waals surface area contributed by atoms with Gasteiger partial charge in [0.05, 0.1) is 22.8 Å². The first kappa shape index (κ1) is 20.7. The lowest BCUT2D eigenvalue weighted by atomic mass is 10.1. The first-order valence-electron chi connectivity index (χ1n) is 9.49. The van der Waals surface area contributed by atoms with E-state index in [4.69, 9.17) is 28.9 Å². The maximum atomic E-state index is 6.45. The summed E-state index contributed by atoms with van der Waals surface area (Å²) in [6.07, 6.45) is 3.06. The van der Waals surface area contributed by atoms with Crippen molar-refractivity contribution in [2.75, 3.05) is 32.0 Å². The molecule has 4 rings (SSSR count). The summed E-state index contributed by atoms with van der Waals surface area (Å²) in [4.78, 5) is 19.5. The van der Waals surface area contributed by atoms with Crippen LogP contribution < -0.4 is 11.1 Å². The maximum Gasteiger partial charge on any atom is 0.137 e. The maximum absolute atomic E-state index is 6.45. The summed E-state index contributed by atoms with van der Waals surface area (Å²) in [6.45, 7) is 2.14. The van der Waals surface area contributed by atoms with E-state index in [1.165, 1.54) is 12.7 Å². The van der Waals surface area contributed by atoms with Crippen molar-refractivity contribution >= 4 is 50.8 Å². The number of anilines is 1. The van der Waals surface area contributed by atoms with Crippen molar-refractivity contribution in [3.63, 3.8) is 0 Å². The Morgan fingerprint density at radius 1 is 0.933 bits per heavy atom. The van der Waals surface area contributed by atoms with E-state index in [1.54, 1.807) is 0 Å². The standard InChI is InChI=1S/C21H21Cl2N7/c1-30(7-6-25-21-16-5-3-14(23)9-19(16)27-12-29-21)10-17(24)20-15-4-2-13(22)8-18(15)26-11-28-20/h2-5,8-9,11-12,17H,6-7,10,24H2,1H3,(H,25,27,29). The largest absolute Gasteiger partial charge is 0.368 e. The Balaban J connectivity index is 1.38. The molecular formula is C21H21Cl2N7. The average molecular weight is 442 g/mol. The molecule has 3 N–H and O–H groups in total. The minimum Gasteiger partial charge on any atom is -0.368 e. The Morgan fingerprint density at radius 3 is 2.30 bits per heavy atom. The Hall–Kier alpha value is -2.58. The molecule has 0 saturated carbocycles. The fourth-order valence-corrected chi connectivity index (χ4v) is 3.73. The predicted octanol–water partition coefficient (Wildman–Crippen LogP) is 3.92. The van der Waals surface area contributed by atoms with Gasteiger partial charge in [0.15, 0.2) is 0 Å². The molecule has 2 heterocycles. The fraction of sp³-hybridized carbons (Fsp3) is 0.238. The highest BCUT2D eigenvalue weighted by molar-refractivity contribution is 6.31. The summed E-state index contributed by atoms with van der Waals surface area (Å²) in [6, 6.07) is 10.9. The van der Waals surface area contributed by atoms with E-state index >= 15 is 0 Å². The predicted molar refractivity (Wildman–Crippen MR) is 122 cm³/mol. The fourth-order valence-electron chi connectivity index (χ4n) is 3.40. The number of fused-ring (bicyclic) bond motifs is 2. The number of hydrogen-bond donors (Lipinski definition) is 2. The van der Waals surface area contributed by atoms with Crippen molar-refractivity contribution in [1.82, 2.24) is 24.8 Å². The van der Waals surface area contributed by atoms with Gasteiger partial charge in [-0.1, -0.05) is 23.2 Å². The van der Waals surface area contributed by atoms with Crippen LogP contribution in [0, 0.1) is 0 Å². The summed E-state index contributed by atoms with van der Waals surface area (Å²) >= 11 is 12.1. The van der Waals surface area contributed by atoms with Crippen LogP contribution in [0.2, 0.25) is 10.0 Å². The van der Waals surface area contributed by atoms with E-state index in [0.29, 0.717) is 23.1 Å². The monoisotopic (exact) mass is 441 g/mol. The summed E-state index contributed by atoms with van der Waals surface area (Å²) in [7, 11) is 2.03. The molecule has 7 nitrogen and oxygen atoms in total. The van der Waals surface area contributed by atoms with Gasteiger partial charge in [-0.05, 0) is 43.4 Å². The lowest BCUT2D eigenvalue weighted by molar-refractivity contribution is 0.322. The number of likely N-dealkylation sites (N-methyl/N-ethyl adjacent to an activating group) is 1. The molecule has 0 aliphatic heterocycles. The second-order valence-electron chi connectivity index (χ2n) is 7.10. The third kappa shape index (κ3) is 4.60. The van der Waals surface area contributed by atoms with Crippen molar-refractivity contribution in [3.05, 3.63) is 64.8 Å². The van der Waals surface area contributed by atoms with E-state index in [1.807, 2.05) is 43.4 Å². The molecule has 0 amide bonds. The number of nitrogens with two attached hydrogens (primary N) is 1. The van der Waals surface area contributed by atoms with Crippen LogP contribution in [0.5, 0.6) is 0 Å². The van der Waals surface area contributed by atoms with Crippen molar-refractivity contribution in [1.29, 1.82) is 0 Å². The van der Waals surface area contributed by atoms with Crippen LogP contribution >= 0.6 is 23.2 Å². The molecule has 0 saturated heterocycles. The lowest BCUT2D eigenvalue weighted by Crippen LogP contribution is -2.33. The highest BCUT2D eigenvalue weighted by Gasteiger charge is 2.15. The van der Waals surface area contributed by atoms with Gasteiger partial charge in [-0.2, -0.15) is 0 Å². The Kier molecular flexibility index (Phi) is 6.24. The zero-order chi connectivity index (χ0) is 21.1. The summed E-state index contributed by atoms with van der Waals surface area (Å²) < 4.78 is 0. The van der Waals surface area contributed by atoms with E-state index in [2.05, 4.69) is 30.2 Å². The van der Waals surface area contributed by atoms with Crippen LogP contribution in [0.25, 0.3) is 21.8 Å². The molecule has 1 unspecified atom stereocenters. The molecule has 30 heavy (non-hydrogen) atoms. The van der Waals surface area contributed by atoms with Gasteiger partial charge < -0.3 is 16.0 Å². The van der Waals surface area contributed by atoms with Crippen LogP contribution in [-0.4, -0.2) is 51.5 Å². The molecule has 154 valence electrons.